The highest BCUT2D eigenvalue weighted by atomic mass is 16.5. The second-order valence-corrected chi connectivity index (χ2v) is 6.67. The fourth-order valence-corrected chi connectivity index (χ4v) is 1.87. The van der Waals surface area contributed by atoms with Crippen molar-refractivity contribution in [1.29, 1.82) is 0 Å². The fourth-order valence-electron chi connectivity index (χ4n) is 1.87. The van der Waals surface area contributed by atoms with E-state index in [4.69, 9.17) is 4.74 Å². The fraction of sp³-hybridized carbons (Fsp3) is 0.529. The van der Waals surface area contributed by atoms with Crippen LogP contribution in [0.5, 0.6) is 0 Å². The molecule has 2 amide bonds. The molecule has 1 rings (SSSR count). The molecule has 0 aromatic heterocycles. The average molecular weight is 306 g/mol. The third kappa shape index (κ3) is 6.61. The molecule has 0 aliphatic heterocycles. The molecule has 122 valence electrons. The minimum atomic E-state index is -0.623. The molecule has 0 aliphatic rings. The molecule has 0 spiro atoms. The van der Waals surface area contributed by atoms with E-state index in [1.165, 1.54) is 0 Å². The molecule has 0 radical (unpaired) electrons. The van der Waals surface area contributed by atoms with Gasteiger partial charge >= 0.3 is 6.09 Å². The molecule has 1 aromatic rings. The highest BCUT2D eigenvalue weighted by Crippen LogP contribution is 2.07. The third-order valence-electron chi connectivity index (χ3n) is 2.93. The predicted octanol–water partition coefficient (Wildman–Crippen LogP) is 2.85. The molecule has 0 unspecified atom stereocenters. The molecule has 0 saturated heterocycles. The number of hydrogen-bond donors (Lipinski definition) is 2. The Morgan fingerprint density at radius 3 is 2.23 bits per heavy atom. The maximum Gasteiger partial charge on any atom is 0.408 e. The quantitative estimate of drug-likeness (QED) is 0.879. The number of ether oxygens (including phenoxy) is 1. The summed E-state index contributed by atoms with van der Waals surface area (Å²) in [6.45, 7) is 9.63. The van der Waals surface area contributed by atoms with E-state index in [1.54, 1.807) is 0 Å². The van der Waals surface area contributed by atoms with Crippen molar-refractivity contribution in [3.8, 4) is 0 Å². The first kappa shape index (κ1) is 18.0. The number of carbonyl (C=O) groups is 2. The van der Waals surface area contributed by atoms with Gasteiger partial charge in [-0.3, -0.25) is 4.79 Å². The Hall–Kier alpha value is -2.04. The number of alkyl carbamates (subject to hydrolysis) is 1. The molecule has 1 atom stereocenters. The second-order valence-electron chi connectivity index (χ2n) is 6.67. The van der Waals surface area contributed by atoms with Gasteiger partial charge in [0.15, 0.2) is 0 Å². The summed E-state index contributed by atoms with van der Waals surface area (Å²) < 4.78 is 5.16. The number of carbonyl (C=O) groups excluding carboxylic acids is 2. The van der Waals surface area contributed by atoms with E-state index >= 15 is 0 Å². The molecule has 1 aromatic carbocycles. The minimum absolute atomic E-state index is 0.0355. The van der Waals surface area contributed by atoms with Crippen molar-refractivity contribution >= 4 is 12.0 Å². The third-order valence-corrected chi connectivity index (χ3v) is 2.93. The average Bonchev–Trinajstić information content (AvgIpc) is 2.41. The monoisotopic (exact) mass is 306 g/mol. The van der Waals surface area contributed by atoms with Gasteiger partial charge in [-0.15, -0.1) is 0 Å². The Balaban J connectivity index is 2.55. The van der Waals surface area contributed by atoms with Crippen LogP contribution in [0.3, 0.4) is 0 Å². The zero-order valence-corrected chi connectivity index (χ0v) is 14.0. The molecule has 0 saturated carbocycles. The van der Waals surface area contributed by atoms with Crippen LogP contribution in [0.1, 0.15) is 40.2 Å². The summed E-state index contributed by atoms with van der Waals surface area (Å²) in [7, 11) is 0. The molecule has 22 heavy (non-hydrogen) atoms. The Kier molecular flexibility index (Phi) is 6.40. The van der Waals surface area contributed by atoms with Gasteiger partial charge in [0.25, 0.3) is 0 Å². The van der Waals surface area contributed by atoms with Crippen molar-refractivity contribution in [3.63, 3.8) is 0 Å². The second kappa shape index (κ2) is 7.82. The van der Waals surface area contributed by atoms with Crippen LogP contribution >= 0.6 is 0 Å². The summed E-state index contributed by atoms with van der Waals surface area (Å²) in [5.41, 5.74) is 0.553. The Bertz CT molecular complexity index is 492. The van der Waals surface area contributed by atoms with Gasteiger partial charge in [0.05, 0.1) is 0 Å². The number of rotatable bonds is 5. The van der Waals surface area contributed by atoms with Gasteiger partial charge < -0.3 is 15.4 Å². The van der Waals surface area contributed by atoms with Gasteiger partial charge in [0, 0.05) is 5.54 Å². The molecule has 0 bridgehead atoms. The lowest BCUT2D eigenvalue weighted by molar-refractivity contribution is -0.125. The molecule has 0 heterocycles. The standard InChI is InChI=1S/C17H26N2O3/c1-12(2)14(15(20)19-17(3,4)5)18-16(21)22-11-13-9-7-6-8-10-13/h6-10,12,14H,11H2,1-5H3,(H,18,21)(H,19,20)/t14-/m0/s1. The van der Waals surface area contributed by atoms with Gasteiger partial charge in [-0.25, -0.2) is 4.79 Å². The lowest BCUT2D eigenvalue weighted by atomic mass is 10.0. The van der Waals surface area contributed by atoms with E-state index in [9.17, 15) is 9.59 Å². The van der Waals surface area contributed by atoms with Crippen LogP contribution in [0.2, 0.25) is 0 Å². The molecule has 0 aliphatic carbocycles. The Labute approximate surface area is 132 Å². The highest BCUT2D eigenvalue weighted by molar-refractivity contribution is 5.86. The largest absolute Gasteiger partial charge is 0.445 e. The Morgan fingerprint density at radius 2 is 1.73 bits per heavy atom. The molecular weight excluding hydrogens is 280 g/mol. The van der Waals surface area contributed by atoms with Crippen LogP contribution in [0.4, 0.5) is 4.79 Å². The number of nitrogens with one attached hydrogen (secondary N) is 2. The molecule has 5 nitrogen and oxygen atoms in total. The predicted molar refractivity (Wildman–Crippen MR) is 86.3 cm³/mol. The van der Waals surface area contributed by atoms with E-state index < -0.39 is 12.1 Å². The zero-order chi connectivity index (χ0) is 16.8. The molecular formula is C17H26N2O3. The maximum atomic E-state index is 12.2. The van der Waals surface area contributed by atoms with Crippen LogP contribution in [0, 0.1) is 5.92 Å². The minimum Gasteiger partial charge on any atom is -0.445 e. The van der Waals surface area contributed by atoms with E-state index in [-0.39, 0.29) is 24.0 Å². The van der Waals surface area contributed by atoms with Crippen LogP contribution in [-0.2, 0) is 16.1 Å². The Morgan fingerprint density at radius 1 is 1.14 bits per heavy atom. The first-order valence-electron chi connectivity index (χ1n) is 7.48. The van der Waals surface area contributed by atoms with E-state index in [1.807, 2.05) is 65.0 Å². The summed E-state index contributed by atoms with van der Waals surface area (Å²) in [5, 5.41) is 5.51. The normalized spacial score (nSPS) is 12.6. The summed E-state index contributed by atoms with van der Waals surface area (Å²) >= 11 is 0. The summed E-state index contributed by atoms with van der Waals surface area (Å²) in [4.78, 5) is 24.1. The number of amides is 2. The van der Waals surface area contributed by atoms with Crippen LogP contribution in [0.25, 0.3) is 0 Å². The molecule has 5 heteroatoms. The van der Waals surface area contributed by atoms with Crippen LogP contribution in [-0.4, -0.2) is 23.6 Å². The van der Waals surface area contributed by atoms with Gasteiger partial charge in [-0.05, 0) is 32.3 Å². The zero-order valence-electron chi connectivity index (χ0n) is 14.0. The maximum absolute atomic E-state index is 12.2. The van der Waals surface area contributed by atoms with Crippen molar-refractivity contribution in [2.45, 2.75) is 52.8 Å². The van der Waals surface area contributed by atoms with Gasteiger partial charge in [-0.1, -0.05) is 44.2 Å². The first-order chi connectivity index (χ1) is 10.2. The van der Waals surface area contributed by atoms with Crippen molar-refractivity contribution in [2.75, 3.05) is 0 Å². The summed E-state index contributed by atoms with van der Waals surface area (Å²) in [6, 6.07) is 8.78. The van der Waals surface area contributed by atoms with Crippen molar-refractivity contribution in [1.82, 2.24) is 10.6 Å². The van der Waals surface area contributed by atoms with Crippen molar-refractivity contribution in [3.05, 3.63) is 35.9 Å². The lowest BCUT2D eigenvalue weighted by Crippen LogP contribution is -2.54. The van der Waals surface area contributed by atoms with Gasteiger partial charge in [-0.2, -0.15) is 0 Å². The number of benzene rings is 1. The van der Waals surface area contributed by atoms with Crippen LogP contribution < -0.4 is 10.6 Å². The SMILES string of the molecule is CC(C)[C@H](NC(=O)OCc1ccccc1)C(=O)NC(C)(C)C. The summed E-state index contributed by atoms with van der Waals surface area (Å²) in [6.07, 6.45) is -0.591. The highest BCUT2D eigenvalue weighted by Gasteiger charge is 2.27. The smallest absolute Gasteiger partial charge is 0.408 e. The van der Waals surface area contributed by atoms with Gasteiger partial charge in [0.2, 0.25) is 5.91 Å². The first-order valence-corrected chi connectivity index (χ1v) is 7.48. The molecule has 0 fully saturated rings. The van der Waals surface area contributed by atoms with Crippen molar-refractivity contribution < 1.29 is 14.3 Å². The number of hydrogen-bond acceptors (Lipinski definition) is 3. The van der Waals surface area contributed by atoms with Crippen molar-refractivity contribution in [2.24, 2.45) is 5.92 Å². The lowest BCUT2D eigenvalue weighted by Gasteiger charge is -2.27. The summed E-state index contributed by atoms with van der Waals surface area (Å²) in [5.74, 6) is -0.245. The van der Waals surface area contributed by atoms with E-state index in [0.29, 0.717) is 0 Å². The molecule has 2 N–H and O–H groups in total. The van der Waals surface area contributed by atoms with E-state index in [2.05, 4.69) is 10.6 Å². The topological polar surface area (TPSA) is 67.4 Å². The van der Waals surface area contributed by atoms with Gasteiger partial charge in [0.1, 0.15) is 12.6 Å². The van der Waals surface area contributed by atoms with E-state index in [0.717, 1.165) is 5.56 Å². The van der Waals surface area contributed by atoms with Crippen LogP contribution in [0.15, 0.2) is 30.3 Å².